The number of aromatic nitrogens is 1. The molecule has 8 heteroatoms. The van der Waals surface area contributed by atoms with Crippen molar-refractivity contribution in [3.63, 3.8) is 0 Å². The van der Waals surface area contributed by atoms with Gasteiger partial charge in [-0.1, -0.05) is 13.3 Å². The lowest BCUT2D eigenvalue weighted by molar-refractivity contribution is -0.384. The molecule has 5 nitrogen and oxygen atoms in total. The zero-order chi connectivity index (χ0) is 15.6. The number of rotatable bonds is 4. The zero-order valence-corrected chi connectivity index (χ0v) is 11.5. The summed E-state index contributed by atoms with van der Waals surface area (Å²) in [6.07, 6.45) is -0.911. The van der Waals surface area contributed by atoms with Gasteiger partial charge in [-0.25, -0.2) is 4.98 Å². The molecule has 21 heavy (non-hydrogen) atoms. The maximum atomic E-state index is 12.6. The highest BCUT2D eigenvalue weighted by molar-refractivity contribution is 5.61. The van der Waals surface area contributed by atoms with Gasteiger partial charge in [-0.15, -0.1) is 0 Å². The average molecular weight is 303 g/mol. The Labute approximate surface area is 119 Å². The SMILES string of the molecule is CC1CCC(CNc2cc(C(F)(F)F)ncc2[N+](=O)[O-])C1. The third-order valence-corrected chi connectivity index (χ3v) is 3.75. The summed E-state index contributed by atoms with van der Waals surface area (Å²) in [5, 5.41) is 13.7. The topological polar surface area (TPSA) is 68.1 Å². The minimum absolute atomic E-state index is 0.123. The Hall–Kier alpha value is -1.86. The second-order valence-electron chi connectivity index (χ2n) is 5.51. The van der Waals surface area contributed by atoms with E-state index in [2.05, 4.69) is 17.2 Å². The molecule has 1 heterocycles. The van der Waals surface area contributed by atoms with Gasteiger partial charge in [0.15, 0.2) is 0 Å². The van der Waals surface area contributed by atoms with Crippen LogP contribution in [-0.2, 0) is 6.18 Å². The molecule has 1 saturated carbocycles. The summed E-state index contributed by atoms with van der Waals surface area (Å²) in [5.41, 5.74) is -1.69. The molecule has 1 aliphatic rings. The first-order valence-corrected chi connectivity index (χ1v) is 6.73. The lowest BCUT2D eigenvalue weighted by Crippen LogP contribution is -2.15. The predicted octanol–water partition coefficient (Wildman–Crippen LogP) is 3.86. The third-order valence-electron chi connectivity index (χ3n) is 3.75. The Kier molecular flexibility index (Phi) is 4.34. The second-order valence-corrected chi connectivity index (χ2v) is 5.51. The number of pyridine rings is 1. The van der Waals surface area contributed by atoms with E-state index in [0.29, 0.717) is 30.6 Å². The lowest BCUT2D eigenvalue weighted by atomic mass is 10.1. The summed E-state index contributed by atoms with van der Waals surface area (Å²) in [7, 11) is 0. The van der Waals surface area contributed by atoms with E-state index < -0.39 is 22.5 Å². The molecule has 1 aliphatic carbocycles. The van der Waals surface area contributed by atoms with Crippen LogP contribution in [0, 0.1) is 22.0 Å². The monoisotopic (exact) mass is 303 g/mol. The Morgan fingerprint density at radius 2 is 2.19 bits per heavy atom. The van der Waals surface area contributed by atoms with Crippen molar-refractivity contribution in [2.24, 2.45) is 11.8 Å². The molecule has 0 spiro atoms. The number of hydrogen-bond acceptors (Lipinski definition) is 4. The molecule has 2 unspecified atom stereocenters. The van der Waals surface area contributed by atoms with Crippen LogP contribution in [-0.4, -0.2) is 16.5 Å². The molecule has 1 fully saturated rings. The van der Waals surface area contributed by atoms with Gasteiger partial charge < -0.3 is 5.32 Å². The summed E-state index contributed by atoms with van der Waals surface area (Å²) in [4.78, 5) is 13.3. The van der Waals surface area contributed by atoms with Gasteiger partial charge >= 0.3 is 11.9 Å². The van der Waals surface area contributed by atoms with Crippen LogP contribution in [0.15, 0.2) is 12.3 Å². The van der Waals surface area contributed by atoms with Crippen molar-refractivity contribution in [1.82, 2.24) is 4.98 Å². The van der Waals surface area contributed by atoms with E-state index in [-0.39, 0.29) is 5.69 Å². The molecule has 0 saturated heterocycles. The van der Waals surface area contributed by atoms with Gasteiger partial charge in [-0.2, -0.15) is 13.2 Å². The number of anilines is 1. The molecule has 116 valence electrons. The summed E-state index contributed by atoms with van der Waals surface area (Å²) in [5.74, 6) is 0.928. The molecule has 1 N–H and O–H groups in total. The first-order valence-electron chi connectivity index (χ1n) is 6.73. The van der Waals surface area contributed by atoms with Crippen LogP contribution in [0.3, 0.4) is 0 Å². The van der Waals surface area contributed by atoms with E-state index in [1.165, 1.54) is 0 Å². The highest BCUT2D eigenvalue weighted by Crippen LogP contribution is 2.34. The van der Waals surface area contributed by atoms with Gasteiger partial charge in [-0.3, -0.25) is 10.1 Å². The Balaban J connectivity index is 2.16. The van der Waals surface area contributed by atoms with E-state index in [0.717, 1.165) is 19.3 Å². The third kappa shape index (κ3) is 3.83. The van der Waals surface area contributed by atoms with Crippen molar-refractivity contribution >= 4 is 11.4 Å². The van der Waals surface area contributed by atoms with Gasteiger partial charge in [0.05, 0.1) is 4.92 Å². The number of nitrogens with one attached hydrogen (secondary N) is 1. The Morgan fingerprint density at radius 3 is 2.71 bits per heavy atom. The number of halogens is 3. The second kappa shape index (κ2) is 5.87. The molecule has 2 rings (SSSR count). The van der Waals surface area contributed by atoms with Crippen molar-refractivity contribution < 1.29 is 18.1 Å². The fourth-order valence-corrected chi connectivity index (χ4v) is 2.65. The van der Waals surface area contributed by atoms with Crippen LogP contribution in [0.2, 0.25) is 0 Å². The largest absolute Gasteiger partial charge is 0.433 e. The minimum atomic E-state index is -4.62. The maximum absolute atomic E-state index is 12.6. The zero-order valence-electron chi connectivity index (χ0n) is 11.5. The molecule has 0 amide bonds. The van der Waals surface area contributed by atoms with E-state index in [1.807, 2.05) is 0 Å². The number of hydrogen-bond donors (Lipinski definition) is 1. The summed E-state index contributed by atoms with van der Waals surface area (Å²) < 4.78 is 37.9. The number of nitro groups is 1. The first-order chi connectivity index (χ1) is 9.77. The van der Waals surface area contributed by atoms with Crippen LogP contribution < -0.4 is 5.32 Å². The van der Waals surface area contributed by atoms with Crippen LogP contribution in [0.5, 0.6) is 0 Å². The van der Waals surface area contributed by atoms with Crippen LogP contribution in [0.25, 0.3) is 0 Å². The molecular formula is C13H16F3N3O2. The maximum Gasteiger partial charge on any atom is 0.433 e. The highest BCUT2D eigenvalue weighted by atomic mass is 19.4. The quantitative estimate of drug-likeness (QED) is 0.677. The van der Waals surface area contributed by atoms with E-state index >= 15 is 0 Å². The molecule has 0 radical (unpaired) electrons. The van der Waals surface area contributed by atoms with E-state index in [9.17, 15) is 23.3 Å². The summed E-state index contributed by atoms with van der Waals surface area (Å²) in [6, 6.07) is 0.705. The normalized spacial score (nSPS) is 22.3. The summed E-state index contributed by atoms with van der Waals surface area (Å²) >= 11 is 0. The van der Waals surface area contributed by atoms with Crippen molar-refractivity contribution in [2.75, 3.05) is 11.9 Å². The molecule has 2 atom stereocenters. The van der Waals surface area contributed by atoms with Crippen LogP contribution in [0.1, 0.15) is 31.9 Å². The van der Waals surface area contributed by atoms with E-state index in [4.69, 9.17) is 0 Å². The number of nitrogens with zero attached hydrogens (tertiary/aromatic N) is 2. The van der Waals surface area contributed by atoms with Crippen molar-refractivity contribution in [3.8, 4) is 0 Å². The van der Waals surface area contributed by atoms with Gasteiger partial charge in [0.1, 0.15) is 17.6 Å². The van der Waals surface area contributed by atoms with E-state index in [1.54, 1.807) is 0 Å². The van der Waals surface area contributed by atoms with Gasteiger partial charge in [0, 0.05) is 6.54 Å². The molecular weight excluding hydrogens is 287 g/mol. The van der Waals surface area contributed by atoms with Crippen molar-refractivity contribution in [1.29, 1.82) is 0 Å². The molecule has 0 aliphatic heterocycles. The van der Waals surface area contributed by atoms with Gasteiger partial charge in [0.25, 0.3) is 0 Å². The van der Waals surface area contributed by atoms with Crippen LogP contribution >= 0.6 is 0 Å². The first kappa shape index (κ1) is 15.5. The van der Waals surface area contributed by atoms with Gasteiger partial charge in [-0.05, 0) is 30.7 Å². The standard InChI is InChI=1S/C13H16F3N3O2/c1-8-2-3-9(4-8)6-17-10-5-12(13(14,15)16)18-7-11(10)19(20)21/h5,7-9H,2-4,6H2,1H3,(H,17,18). The van der Waals surface area contributed by atoms with Crippen molar-refractivity contribution in [3.05, 3.63) is 28.1 Å². The minimum Gasteiger partial charge on any atom is -0.379 e. The molecule has 1 aromatic heterocycles. The fourth-order valence-electron chi connectivity index (χ4n) is 2.65. The Morgan fingerprint density at radius 1 is 1.48 bits per heavy atom. The Bertz CT molecular complexity index is 534. The average Bonchev–Trinajstić information content (AvgIpc) is 2.80. The van der Waals surface area contributed by atoms with Gasteiger partial charge in [0.2, 0.25) is 0 Å². The highest BCUT2D eigenvalue weighted by Gasteiger charge is 2.34. The molecule has 0 aromatic carbocycles. The van der Waals surface area contributed by atoms with Crippen LogP contribution in [0.4, 0.5) is 24.5 Å². The molecule has 1 aromatic rings. The lowest BCUT2D eigenvalue weighted by Gasteiger charge is -2.13. The number of alkyl halides is 3. The summed E-state index contributed by atoms with van der Waals surface area (Å²) in [6.45, 7) is 2.56. The smallest absolute Gasteiger partial charge is 0.379 e. The molecule has 0 bridgehead atoms. The fraction of sp³-hybridized carbons (Fsp3) is 0.615. The van der Waals surface area contributed by atoms with Crippen molar-refractivity contribution in [2.45, 2.75) is 32.4 Å². The predicted molar refractivity (Wildman–Crippen MR) is 70.9 cm³/mol.